The highest BCUT2D eigenvalue weighted by Gasteiger charge is 2.22. The van der Waals surface area contributed by atoms with Crippen LogP contribution in [0.25, 0.3) is 0 Å². The third kappa shape index (κ3) is 4.81. The minimum Gasteiger partial charge on any atom is -0.443 e. The van der Waals surface area contributed by atoms with Crippen LogP contribution in [-0.2, 0) is 4.74 Å². The predicted molar refractivity (Wildman–Crippen MR) is 62.7 cm³/mol. The van der Waals surface area contributed by atoms with Gasteiger partial charge in [0, 0.05) is 13.1 Å². The van der Waals surface area contributed by atoms with Gasteiger partial charge in [0.25, 0.3) is 0 Å². The first-order valence-corrected chi connectivity index (χ1v) is 5.85. The highest BCUT2D eigenvalue weighted by Crippen LogP contribution is 2.14. The normalized spacial score (nSPS) is 19.5. The Hall–Kier alpha value is -0.810. The van der Waals surface area contributed by atoms with Crippen LogP contribution in [0.2, 0.25) is 0 Å². The highest BCUT2D eigenvalue weighted by molar-refractivity contribution is 5.67. The number of hydrazine groups is 1. The fourth-order valence-corrected chi connectivity index (χ4v) is 1.71. The van der Waals surface area contributed by atoms with Crippen molar-refractivity contribution in [3.63, 3.8) is 0 Å². The van der Waals surface area contributed by atoms with E-state index in [4.69, 9.17) is 10.5 Å². The van der Waals surface area contributed by atoms with Crippen LogP contribution in [0.15, 0.2) is 0 Å². The maximum absolute atomic E-state index is 11.5. The van der Waals surface area contributed by atoms with E-state index in [1.54, 1.807) is 0 Å². The van der Waals surface area contributed by atoms with Crippen LogP contribution in [0.3, 0.4) is 0 Å². The number of amides is 1. The summed E-state index contributed by atoms with van der Waals surface area (Å²) in [5.41, 5.74) is 7.91. The first kappa shape index (κ1) is 13.3. The van der Waals surface area contributed by atoms with E-state index < -0.39 is 5.60 Å². The molecule has 94 valence electrons. The lowest BCUT2D eigenvalue weighted by Gasteiger charge is -2.32. The van der Waals surface area contributed by atoms with E-state index in [1.165, 1.54) is 0 Å². The van der Waals surface area contributed by atoms with Gasteiger partial charge in [0.05, 0.1) is 0 Å². The molecule has 1 fully saturated rings. The Labute approximate surface area is 97.3 Å². The van der Waals surface area contributed by atoms with E-state index in [1.807, 2.05) is 25.8 Å². The number of piperidine rings is 1. The lowest BCUT2D eigenvalue weighted by molar-refractivity contribution is 0.0268. The Morgan fingerprint density at radius 2 is 2.00 bits per heavy atom. The molecule has 0 aromatic carbocycles. The number of ether oxygens (including phenoxy) is 1. The van der Waals surface area contributed by atoms with Gasteiger partial charge in [0.1, 0.15) is 5.60 Å². The van der Waals surface area contributed by atoms with Crippen LogP contribution in [-0.4, -0.2) is 36.3 Å². The Morgan fingerprint density at radius 1 is 1.44 bits per heavy atom. The molecule has 0 atom stereocenters. The lowest BCUT2D eigenvalue weighted by Crippen LogP contribution is -2.48. The fourth-order valence-electron chi connectivity index (χ4n) is 1.71. The molecule has 5 heteroatoms. The number of rotatable bonds is 2. The molecule has 1 rings (SSSR count). The molecule has 0 saturated carbocycles. The summed E-state index contributed by atoms with van der Waals surface area (Å²) in [5.74, 6) is 0.594. The molecule has 1 heterocycles. The van der Waals surface area contributed by atoms with Crippen LogP contribution in [0, 0.1) is 5.92 Å². The van der Waals surface area contributed by atoms with Crippen molar-refractivity contribution in [3.8, 4) is 0 Å². The molecule has 1 amide bonds. The molecule has 0 aromatic heterocycles. The number of carbonyl (C=O) groups excluding carboxylic acids is 1. The molecule has 0 spiro atoms. The van der Waals surface area contributed by atoms with Crippen LogP contribution in [0.5, 0.6) is 0 Å². The lowest BCUT2D eigenvalue weighted by atomic mass is 9.98. The number of nitrogens with zero attached hydrogens (tertiary/aromatic N) is 1. The molecule has 1 saturated heterocycles. The summed E-state index contributed by atoms with van der Waals surface area (Å²) in [7, 11) is 0. The molecule has 16 heavy (non-hydrogen) atoms. The molecule has 0 unspecified atom stereocenters. The van der Waals surface area contributed by atoms with Gasteiger partial charge in [-0.25, -0.2) is 9.80 Å². The Morgan fingerprint density at radius 3 is 2.44 bits per heavy atom. The number of hydrogen-bond acceptors (Lipinski definition) is 4. The standard InChI is InChI=1S/C11H23N3O2/c1-11(2,3)16-10(15)13-14-6-4-9(8-12)5-7-14/h9H,4-8,12H2,1-3H3,(H,13,15). The van der Waals surface area contributed by atoms with Crippen LogP contribution >= 0.6 is 0 Å². The average molecular weight is 229 g/mol. The molecule has 1 aliphatic rings. The van der Waals surface area contributed by atoms with Crippen molar-refractivity contribution in [3.05, 3.63) is 0 Å². The first-order chi connectivity index (χ1) is 7.40. The largest absolute Gasteiger partial charge is 0.443 e. The van der Waals surface area contributed by atoms with Gasteiger partial charge in [-0.2, -0.15) is 0 Å². The second-order valence-electron chi connectivity index (χ2n) is 5.28. The van der Waals surface area contributed by atoms with Gasteiger partial charge < -0.3 is 10.5 Å². The van der Waals surface area contributed by atoms with Crippen LogP contribution in [0.1, 0.15) is 33.6 Å². The van der Waals surface area contributed by atoms with Crippen molar-refractivity contribution in [2.45, 2.75) is 39.2 Å². The summed E-state index contributed by atoms with van der Waals surface area (Å²) < 4.78 is 5.18. The summed E-state index contributed by atoms with van der Waals surface area (Å²) in [5, 5.41) is 1.90. The van der Waals surface area contributed by atoms with E-state index in [0.29, 0.717) is 5.92 Å². The van der Waals surface area contributed by atoms with Crippen LogP contribution in [0.4, 0.5) is 4.79 Å². The Balaban J connectivity index is 2.26. The zero-order valence-corrected chi connectivity index (χ0v) is 10.5. The van der Waals surface area contributed by atoms with Crippen molar-refractivity contribution in [1.82, 2.24) is 10.4 Å². The van der Waals surface area contributed by atoms with Crippen LogP contribution < -0.4 is 11.2 Å². The third-order valence-corrected chi connectivity index (χ3v) is 2.60. The van der Waals surface area contributed by atoms with E-state index in [2.05, 4.69) is 5.43 Å². The topological polar surface area (TPSA) is 67.6 Å². The molecule has 1 aliphatic heterocycles. The third-order valence-electron chi connectivity index (χ3n) is 2.60. The first-order valence-electron chi connectivity index (χ1n) is 5.85. The molecular weight excluding hydrogens is 206 g/mol. The summed E-state index contributed by atoms with van der Waals surface area (Å²) >= 11 is 0. The minimum atomic E-state index is -0.445. The van der Waals surface area contributed by atoms with Gasteiger partial charge in [0.2, 0.25) is 0 Å². The average Bonchev–Trinajstić information content (AvgIpc) is 2.16. The number of hydrogen-bond donors (Lipinski definition) is 2. The van der Waals surface area contributed by atoms with E-state index in [-0.39, 0.29) is 6.09 Å². The maximum atomic E-state index is 11.5. The van der Waals surface area contributed by atoms with Gasteiger partial charge in [-0.15, -0.1) is 0 Å². The molecule has 0 bridgehead atoms. The number of carbonyl (C=O) groups is 1. The Kier molecular flexibility index (Phi) is 4.56. The summed E-state index contributed by atoms with van der Waals surface area (Å²) in [6.07, 6.45) is 1.69. The zero-order valence-electron chi connectivity index (χ0n) is 10.5. The van der Waals surface area contributed by atoms with Gasteiger partial charge in [-0.3, -0.25) is 5.43 Å². The number of nitrogens with one attached hydrogen (secondary N) is 1. The molecular formula is C11H23N3O2. The van der Waals surface area contributed by atoms with Gasteiger partial charge in [-0.1, -0.05) is 0 Å². The SMILES string of the molecule is CC(C)(C)OC(=O)NN1CCC(CN)CC1. The molecule has 5 nitrogen and oxygen atoms in total. The van der Waals surface area contributed by atoms with Crippen molar-refractivity contribution in [2.24, 2.45) is 11.7 Å². The van der Waals surface area contributed by atoms with Crippen molar-refractivity contribution in [1.29, 1.82) is 0 Å². The molecule has 0 aromatic rings. The molecule has 3 N–H and O–H groups in total. The quantitative estimate of drug-likeness (QED) is 0.744. The number of nitrogens with two attached hydrogens (primary N) is 1. The van der Waals surface area contributed by atoms with E-state index in [9.17, 15) is 4.79 Å². The summed E-state index contributed by atoms with van der Waals surface area (Å²) in [4.78, 5) is 11.5. The maximum Gasteiger partial charge on any atom is 0.422 e. The molecule has 0 radical (unpaired) electrons. The second-order valence-corrected chi connectivity index (χ2v) is 5.28. The summed E-state index contributed by atoms with van der Waals surface area (Å²) in [6.45, 7) is 8.00. The summed E-state index contributed by atoms with van der Waals surface area (Å²) in [6, 6.07) is 0. The van der Waals surface area contributed by atoms with E-state index >= 15 is 0 Å². The highest BCUT2D eigenvalue weighted by atomic mass is 16.6. The fraction of sp³-hybridized carbons (Fsp3) is 0.909. The zero-order chi connectivity index (χ0) is 12.2. The van der Waals surface area contributed by atoms with Gasteiger partial charge in [0.15, 0.2) is 0 Å². The van der Waals surface area contributed by atoms with Crippen molar-refractivity contribution < 1.29 is 9.53 Å². The second kappa shape index (κ2) is 5.50. The predicted octanol–water partition coefficient (Wildman–Crippen LogP) is 1.10. The monoisotopic (exact) mass is 229 g/mol. The van der Waals surface area contributed by atoms with Crippen molar-refractivity contribution >= 4 is 6.09 Å². The van der Waals surface area contributed by atoms with Gasteiger partial charge >= 0.3 is 6.09 Å². The molecule has 0 aliphatic carbocycles. The van der Waals surface area contributed by atoms with Gasteiger partial charge in [-0.05, 0) is 46.1 Å². The van der Waals surface area contributed by atoms with E-state index in [0.717, 1.165) is 32.5 Å². The van der Waals surface area contributed by atoms with Crippen molar-refractivity contribution in [2.75, 3.05) is 19.6 Å². The Bertz CT molecular complexity index is 230. The smallest absolute Gasteiger partial charge is 0.422 e. The minimum absolute atomic E-state index is 0.376.